The zero-order chi connectivity index (χ0) is 8.43. The van der Waals surface area contributed by atoms with Gasteiger partial charge in [-0.05, 0) is 34.7 Å². The Hall–Kier alpha value is 0.330. The molecule has 0 radical (unpaired) electrons. The van der Waals surface area contributed by atoms with Crippen molar-refractivity contribution in [3.05, 3.63) is 25.7 Å². The Morgan fingerprint density at radius 2 is 2.00 bits per heavy atom. The van der Waals surface area contributed by atoms with Crippen LogP contribution in [0.2, 0.25) is 10.0 Å². The number of hydrogen-bond acceptors (Lipinski definition) is 1. The van der Waals surface area contributed by atoms with Crippen LogP contribution in [0.25, 0.3) is 0 Å². The molecule has 0 saturated carbocycles. The van der Waals surface area contributed by atoms with Gasteiger partial charge in [0.05, 0.1) is 15.7 Å². The smallest absolute Gasteiger partial charge is 0.152 e. The average Bonchev–Trinajstić information content (AvgIpc) is 1.99. The third kappa shape index (κ3) is 1.92. The van der Waals surface area contributed by atoms with Crippen LogP contribution in [-0.2, 0) is 0 Å². The maximum Gasteiger partial charge on any atom is 0.152 e. The van der Waals surface area contributed by atoms with E-state index in [0.29, 0.717) is 15.8 Å². The molecule has 0 spiro atoms. The Kier molecular flexibility index (Phi) is 3.28. The first-order valence-corrected chi connectivity index (χ1v) is 4.67. The first-order chi connectivity index (χ1) is 5.16. The molecule has 0 heterocycles. The normalized spacial score (nSPS) is 9.82. The Bertz CT molecular complexity index is 275. The monoisotopic (exact) mass is 302 g/mol. The number of hydrogen-bond donors (Lipinski definition) is 0. The molecule has 0 aromatic heterocycles. The number of benzene rings is 1. The summed E-state index contributed by atoms with van der Waals surface area (Å²) in [7, 11) is 1.57. The van der Waals surface area contributed by atoms with E-state index < -0.39 is 0 Å². The highest BCUT2D eigenvalue weighted by Gasteiger charge is 2.08. The van der Waals surface area contributed by atoms with Crippen molar-refractivity contribution < 1.29 is 4.74 Å². The lowest BCUT2D eigenvalue weighted by Crippen LogP contribution is -1.87. The van der Waals surface area contributed by atoms with Crippen molar-refractivity contribution in [1.29, 1.82) is 0 Å². The molecule has 0 saturated heterocycles. The van der Waals surface area contributed by atoms with Gasteiger partial charge in [-0.2, -0.15) is 0 Å². The van der Waals surface area contributed by atoms with Crippen LogP contribution in [0, 0.1) is 3.57 Å². The molecule has 60 valence electrons. The first kappa shape index (κ1) is 9.42. The minimum atomic E-state index is 0.473. The Labute approximate surface area is 88.8 Å². The van der Waals surface area contributed by atoms with Gasteiger partial charge in [0.15, 0.2) is 5.75 Å². The molecule has 0 atom stereocenters. The van der Waals surface area contributed by atoms with E-state index in [-0.39, 0.29) is 0 Å². The molecule has 0 fully saturated rings. The number of halogens is 3. The summed E-state index contributed by atoms with van der Waals surface area (Å²) in [5, 5.41) is 0.991. The lowest BCUT2D eigenvalue weighted by molar-refractivity contribution is 0.412. The predicted molar refractivity (Wildman–Crippen MR) is 55.7 cm³/mol. The molecule has 1 nitrogen and oxygen atoms in total. The van der Waals surface area contributed by atoms with Crippen LogP contribution in [0.3, 0.4) is 0 Å². The molecule has 0 aliphatic heterocycles. The molecule has 0 N–H and O–H groups in total. The molecule has 4 heteroatoms. The lowest BCUT2D eigenvalue weighted by atomic mass is 10.3. The van der Waals surface area contributed by atoms with Gasteiger partial charge in [-0.15, -0.1) is 0 Å². The lowest BCUT2D eigenvalue weighted by Gasteiger charge is -2.05. The molecule has 0 unspecified atom stereocenters. The highest BCUT2D eigenvalue weighted by atomic mass is 127. The summed E-state index contributed by atoms with van der Waals surface area (Å²) in [5.74, 6) is 0.639. The fourth-order valence-electron chi connectivity index (χ4n) is 0.696. The summed E-state index contributed by atoms with van der Waals surface area (Å²) in [6, 6.07) is 3.60. The highest BCUT2D eigenvalue weighted by Crippen LogP contribution is 2.35. The average molecular weight is 303 g/mol. The van der Waals surface area contributed by atoms with Crippen LogP contribution in [0.1, 0.15) is 0 Å². The SMILES string of the molecule is COc1c(I)ccc(Cl)c1Cl. The van der Waals surface area contributed by atoms with E-state index in [2.05, 4.69) is 22.6 Å². The van der Waals surface area contributed by atoms with Crippen LogP contribution in [0.5, 0.6) is 5.75 Å². The Morgan fingerprint density at radius 1 is 1.36 bits per heavy atom. The van der Waals surface area contributed by atoms with Gasteiger partial charge in [0.25, 0.3) is 0 Å². The molecule has 11 heavy (non-hydrogen) atoms. The van der Waals surface area contributed by atoms with Crippen molar-refractivity contribution in [2.45, 2.75) is 0 Å². The van der Waals surface area contributed by atoms with Gasteiger partial charge in [-0.3, -0.25) is 0 Å². The number of methoxy groups -OCH3 is 1. The highest BCUT2D eigenvalue weighted by molar-refractivity contribution is 14.1. The minimum Gasteiger partial charge on any atom is -0.494 e. The van der Waals surface area contributed by atoms with E-state index in [0.717, 1.165) is 3.57 Å². The van der Waals surface area contributed by atoms with Crippen molar-refractivity contribution >= 4 is 45.8 Å². The number of rotatable bonds is 1. The van der Waals surface area contributed by atoms with Crippen LogP contribution >= 0.6 is 45.8 Å². The van der Waals surface area contributed by atoms with E-state index in [1.54, 1.807) is 13.2 Å². The second kappa shape index (κ2) is 3.83. The Morgan fingerprint density at radius 3 is 2.45 bits per heavy atom. The summed E-state index contributed by atoms with van der Waals surface area (Å²) in [6.07, 6.45) is 0. The molecule has 0 bridgehead atoms. The molecular weight excluding hydrogens is 298 g/mol. The van der Waals surface area contributed by atoms with Crippen LogP contribution in [0.15, 0.2) is 12.1 Å². The van der Waals surface area contributed by atoms with Gasteiger partial charge in [-0.25, -0.2) is 0 Å². The topological polar surface area (TPSA) is 9.23 Å². The van der Waals surface area contributed by atoms with Crippen molar-refractivity contribution in [3.8, 4) is 5.75 Å². The van der Waals surface area contributed by atoms with E-state index in [4.69, 9.17) is 27.9 Å². The zero-order valence-corrected chi connectivity index (χ0v) is 9.37. The maximum absolute atomic E-state index is 5.84. The van der Waals surface area contributed by atoms with Gasteiger partial charge in [0.2, 0.25) is 0 Å². The molecule has 1 rings (SSSR count). The Balaban J connectivity index is 3.29. The summed E-state index contributed by atoms with van der Waals surface area (Å²) in [5.41, 5.74) is 0. The van der Waals surface area contributed by atoms with E-state index in [1.165, 1.54) is 0 Å². The maximum atomic E-state index is 5.84. The molecular formula is C7H5Cl2IO. The van der Waals surface area contributed by atoms with Gasteiger partial charge in [0.1, 0.15) is 5.02 Å². The molecule has 0 amide bonds. The van der Waals surface area contributed by atoms with Crippen molar-refractivity contribution in [2.75, 3.05) is 7.11 Å². The van der Waals surface area contributed by atoms with Crippen LogP contribution < -0.4 is 4.74 Å². The third-order valence-electron chi connectivity index (χ3n) is 1.21. The standard InChI is InChI=1S/C7H5Cl2IO/c1-11-7-5(10)3-2-4(8)6(7)9/h2-3H,1H3. The summed E-state index contributed by atoms with van der Waals surface area (Å²) in [6.45, 7) is 0. The molecule has 0 aliphatic rings. The van der Waals surface area contributed by atoms with E-state index >= 15 is 0 Å². The second-order valence-corrected chi connectivity index (χ2v) is 3.82. The summed E-state index contributed by atoms with van der Waals surface area (Å²) < 4.78 is 5.99. The fraction of sp³-hybridized carbons (Fsp3) is 0.143. The summed E-state index contributed by atoms with van der Waals surface area (Å²) >= 11 is 13.7. The van der Waals surface area contributed by atoms with Gasteiger partial charge in [0, 0.05) is 0 Å². The quantitative estimate of drug-likeness (QED) is 0.569. The van der Waals surface area contributed by atoms with Gasteiger partial charge >= 0.3 is 0 Å². The van der Waals surface area contributed by atoms with Crippen molar-refractivity contribution in [1.82, 2.24) is 0 Å². The first-order valence-electron chi connectivity index (χ1n) is 2.84. The van der Waals surface area contributed by atoms with E-state index in [9.17, 15) is 0 Å². The van der Waals surface area contributed by atoms with Crippen LogP contribution in [0.4, 0.5) is 0 Å². The predicted octanol–water partition coefficient (Wildman–Crippen LogP) is 3.61. The zero-order valence-electron chi connectivity index (χ0n) is 5.70. The third-order valence-corrected chi connectivity index (χ3v) is 2.84. The largest absolute Gasteiger partial charge is 0.494 e. The summed E-state index contributed by atoms with van der Waals surface area (Å²) in [4.78, 5) is 0. The number of ether oxygens (including phenoxy) is 1. The second-order valence-electron chi connectivity index (χ2n) is 1.88. The van der Waals surface area contributed by atoms with Crippen molar-refractivity contribution in [2.24, 2.45) is 0 Å². The minimum absolute atomic E-state index is 0.473. The van der Waals surface area contributed by atoms with Crippen LogP contribution in [-0.4, -0.2) is 7.11 Å². The van der Waals surface area contributed by atoms with Gasteiger partial charge in [-0.1, -0.05) is 23.2 Å². The van der Waals surface area contributed by atoms with E-state index in [1.807, 2.05) is 6.07 Å². The molecule has 1 aromatic rings. The van der Waals surface area contributed by atoms with Crippen molar-refractivity contribution in [3.63, 3.8) is 0 Å². The molecule has 0 aliphatic carbocycles. The molecule has 1 aromatic carbocycles. The van der Waals surface area contributed by atoms with Gasteiger partial charge < -0.3 is 4.74 Å². The fourth-order valence-corrected chi connectivity index (χ4v) is 1.92.